The molecule has 2 unspecified atom stereocenters. The summed E-state index contributed by atoms with van der Waals surface area (Å²) in [6, 6.07) is -1.10. The summed E-state index contributed by atoms with van der Waals surface area (Å²) < 4.78 is 4.81. The number of hydrogen-bond acceptors (Lipinski definition) is 6. The van der Waals surface area contributed by atoms with E-state index in [0.717, 1.165) is 0 Å². The third-order valence-corrected chi connectivity index (χ3v) is 2.27. The molecule has 5 atom stereocenters. The monoisotopic (exact) mass is 221 g/mol. The molecule has 0 saturated carbocycles. The molecule has 15 heavy (non-hydrogen) atoms. The van der Waals surface area contributed by atoms with E-state index in [1.165, 1.54) is 6.92 Å². The Bertz CT molecular complexity index is 235. The van der Waals surface area contributed by atoms with E-state index in [4.69, 9.17) is 9.84 Å². The summed E-state index contributed by atoms with van der Waals surface area (Å²) in [5.74, 6) is -0.462. The van der Waals surface area contributed by atoms with Crippen molar-refractivity contribution in [3.8, 4) is 0 Å². The number of rotatable bonds is 2. The van der Waals surface area contributed by atoms with Crippen LogP contribution in [0.25, 0.3) is 0 Å². The van der Waals surface area contributed by atoms with E-state index in [2.05, 4.69) is 5.32 Å². The first kappa shape index (κ1) is 12.3. The van der Waals surface area contributed by atoms with E-state index >= 15 is 0 Å². The maximum absolute atomic E-state index is 10.7. The van der Waals surface area contributed by atoms with Gasteiger partial charge in [-0.1, -0.05) is 0 Å². The highest BCUT2D eigenvalue weighted by molar-refractivity contribution is 5.73. The fraction of sp³-hybridized carbons (Fsp3) is 0.875. The van der Waals surface area contributed by atoms with E-state index in [1.54, 1.807) is 0 Å². The molecular weight excluding hydrogens is 206 g/mol. The lowest BCUT2D eigenvalue weighted by atomic mass is 9.97. The quantitative estimate of drug-likeness (QED) is 0.337. The number of amides is 1. The van der Waals surface area contributed by atoms with Crippen LogP contribution < -0.4 is 5.32 Å². The van der Waals surface area contributed by atoms with Gasteiger partial charge in [0, 0.05) is 6.92 Å². The minimum atomic E-state index is -1.45. The molecule has 1 saturated heterocycles. The Kier molecular flexibility index (Phi) is 4.00. The predicted molar refractivity (Wildman–Crippen MR) is 47.6 cm³/mol. The van der Waals surface area contributed by atoms with Crippen molar-refractivity contribution in [3.05, 3.63) is 0 Å². The Labute approximate surface area is 86.3 Å². The minimum Gasteiger partial charge on any atom is -0.394 e. The second kappa shape index (κ2) is 4.86. The van der Waals surface area contributed by atoms with Gasteiger partial charge in [0.05, 0.1) is 6.61 Å². The average Bonchev–Trinajstić information content (AvgIpc) is 2.18. The SMILES string of the molecule is CC(=O)NC1[C@H](O)OC(CO)[C@H](O)[C@@H]1O. The van der Waals surface area contributed by atoms with Crippen molar-refractivity contribution in [1.82, 2.24) is 5.32 Å². The maximum atomic E-state index is 10.7. The van der Waals surface area contributed by atoms with Crippen LogP contribution in [0.15, 0.2) is 0 Å². The normalized spacial score (nSPS) is 41.3. The second-order valence-electron chi connectivity index (χ2n) is 3.46. The molecule has 5 N–H and O–H groups in total. The molecule has 0 aromatic rings. The summed E-state index contributed by atoms with van der Waals surface area (Å²) in [5, 5.41) is 39.4. The van der Waals surface area contributed by atoms with E-state index in [1.807, 2.05) is 0 Å². The van der Waals surface area contributed by atoms with E-state index in [0.29, 0.717) is 0 Å². The van der Waals surface area contributed by atoms with Gasteiger partial charge in [-0.15, -0.1) is 0 Å². The summed E-state index contributed by atoms with van der Waals surface area (Å²) >= 11 is 0. The first-order valence-electron chi connectivity index (χ1n) is 4.55. The largest absolute Gasteiger partial charge is 0.394 e. The van der Waals surface area contributed by atoms with Crippen molar-refractivity contribution in [2.45, 2.75) is 37.6 Å². The van der Waals surface area contributed by atoms with Gasteiger partial charge in [0.1, 0.15) is 24.4 Å². The summed E-state index contributed by atoms with van der Waals surface area (Å²) in [4.78, 5) is 10.7. The van der Waals surface area contributed by atoms with E-state index in [9.17, 15) is 20.1 Å². The number of hydrogen-bond donors (Lipinski definition) is 5. The summed E-state index contributed by atoms with van der Waals surface area (Å²) in [6.07, 6.45) is -5.24. The first-order chi connectivity index (χ1) is 6.97. The maximum Gasteiger partial charge on any atom is 0.217 e. The molecule has 0 spiro atoms. The zero-order chi connectivity index (χ0) is 11.6. The highest BCUT2D eigenvalue weighted by atomic mass is 16.6. The van der Waals surface area contributed by atoms with Gasteiger partial charge in [0.2, 0.25) is 5.91 Å². The third-order valence-electron chi connectivity index (χ3n) is 2.27. The van der Waals surface area contributed by atoms with Gasteiger partial charge >= 0.3 is 0 Å². The second-order valence-corrected chi connectivity index (χ2v) is 3.46. The Morgan fingerprint density at radius 2 is 1.93 bits per heavy atom. The van der Waals surface area contributed by atoms with Crippen LogP contribution in [-0.4, -0.2) is 63.6 Å². The lowest BCUT2D eigenvalue weighted by Gasteiger charge is -2.40. The first-order valence-corrected chi connectivity index (χ1v) is 4.55. The van der Waals surface area contributed by atoms with Crippen LogP contribution in [0.5, 0.6) is 0 Å². The van der Waals surface area contributed by atoms with Crippen molar-refractivity contribution in [1.29, 1.82) is 0 Å². The van der Waals surface area contributed by atoms with Crippen LogP contribution in [0.1, 0.15) is 6.92 Å². The average molecular weight is 221 g/mol. The lowest BCUT2D eigenvalue weighted by molar-refractivity contribution is -0.253. The fourth-order valence-corrected chi connectivity index (χ4v) is 1.49. The molecule has 0 bridgehead atoms. The zero-order valence-electron chi connectivity index (χ0n) is 8.20. The summed E-state index contributed by atoms with van der Waals surface area (Å²) in [7, 11) is 0. The highest BCUT2D eigenvalue weighted by Crippen LogP contribution is 2.19. The van der Waals surface area contributed by atoms with Crippen LogP contribution in [0.2, 0.25) is 0 Å². The molecule has 1 rings (SSSR count). The van der Waals surface area contributed by atoms with Crippen molar-refractivity contribution in [2.75, 3.05) is 6.61 Å². The summed E-state index contributed by atoms with van der Waals surface area (Å²) in [5.41, 5.74) is 0. The minimum absolute atomic E-state index is 0.462. The Hall–Kier alpha value is -0.730. The van der Waals surface area contributed by atoms with E-state index in [-0.39, 0.29) is 0 Å². The van der Waals surface area contributed by atoms with Gasteiger partial charge < -0.3 is 30.5 Å². The number of aliphatic hydroxyl groups excluding tert-OH is 4. The molecule has 1 aliphatic heterocycles. The molecular formula is C8H15NO6. The number of ether oxygens (including phenoxy) is 1. The molecule has 88 valence electrons. The Balaban J connectivity index is 2.70. The van der Waals surface area contributed by atoms with Gasteiger partial charge in [-0.2, -0.15) is 0 Å². The molecule has 7 nitrogen and oxygen atoms in total. The third kappa shape index (κ3) is 2.64. The Morgan fingerprint density at radius 1 is 1.33 bits per heavy atom. The predicted octanol–water partition coefficient (Wildman–Crippen LogP) is -3.08. The van der Waals surface area contributed by atoms with Crippen molar-refractivity contribution >= 4 is 5.91 Å². The summed E-state index contributed by atoms with van der Waals surface area (Å²) in [6.45, 7) is 0.687. The molecule has 7 heteroatoms. The van der Waals surface area contributed by atoms with Gasteiger partial charge in [-0.3, -0.25) is 4.79 Å². The van der Waals surface area contributed by atoms with Crippen molar-refractivity contribution in [3.63, 3.8) is 0 Å². The van der Waals surface area contributed by atoms with Crippen LogP contribution in [0, 0.1) is 0 Å². The molecule has 0 aromatic carbocycles. The highest BCUT2D eigenvalue weighted by Gasteiger charge is 2.43. The molecule has 1 heterocycles. The number of carbonyl (C=O) groups is 1. The van der Waals surface area contributed by atoms with E-state index < -0.39 is 43.2 Å². The van der Waals surface area contributed by atoms with Gasteiger partial charge in [-0.05, 0) is 0 Å². The topological polar surface area (TPSA) is 119 Å². The van der Waals surface area contributed by atoms with Crippen LogP contribution in [0.3, 0.4) is 0 Å². The van der Waals surface area contributed by atoms with Crippen LogP contribution >= 0.6 is 0 Å². The molecule has 0 radical (unpaired) electrons. The molecule has 1 aliphatic rings. The van der Waals surface area contributed by atoms with Crippen LogP contribution in [-0.2, 0) is 9.53 Å². The number of nitrogens with one attached hydrogen (secondary N) is 1. The number of carbonyl (C=O) groups excluding carboxylic acids is 1. The standard InChI is InChI=1S/C8H15NO6/c1-3(11)9-5-7(13)6(12)4(2-10)15-8(5)14/h4-8,10,12-14H,2H2,1H3,(H,9,11)/t4?,5?,6-,7+,8+/m0/s1. The molecule has 0 aromatic heterocycles. The molecule has 0 aliphatic carbocycles. The molecule has 1 amide bonds. The van der Waals surface area contributed by atoms with Gasteiger partial charge in [0.15, 0.2) is 6.29 Å². The smallest absolute Gasteiger partial charge is 0.217 e. The van der Waals surface area contributed by atoms with Crippen LogP contribution in [0.4, 0.5) is 0 Å². The molecule has 1 fully saturated rings. The fourth-order valence-electron chi connectivity index (χ4n) is 1.49. The van der Waals surface area contributed by atoms with Crippen molar-refractivity contribution in [2.24, 2.45) is 0 Å². The van der Waals surface area contributed by atoms with Crippen molar-refractivity contribution < 1.29 is 30.0 Å². The lowest BCUT2D eigenvalue weighted by Crippen LogP contribution is -2.63. The van der Waals surface area contributed by atoms with Gasteiger partial charge in [0.25, 0.3) is 0 Å². The zero-order valence-corrected chi connectivity index (χ0v) is 8.20. The number of aliphatic hydroxyl groups is 4. The van der Waals surface area contributed by atoms with Gasteiger partial charge in [-0.25, -0.2) is 0 Å². The Morgan fingerprint density at radius 3 is 2.40 bits per heavy atom.